The van der Waals surface area contributed by atoms with Crippen molar-refractivity contribution < 1.29 is 23.5 Å². The number of carbonyl (C=O) groups is 2. The molecule has 23 heavy (non-hydrogen) atoms. The van der Waals surface area contributed by atoms with Crippen molar-refractivity contribution in [3.63, 3.8) is 0 Å². The van der Waals surface area contributed by atoms with Crippen molar-refractivity contribution in [2.24, 2.45) is 0 Å². The zero-order chi connectivity index (χ0) is 16.7. The Labute approximate surface area is 131 Å². The van der Waals surface area contributed by atoms with Gasteiger partial charge in [-0.3, -0.25) is 9.59 Å². The maximum Gasteiger partial charge on any atom is 0.291 e. The van der Waals surface area contributed by atoms with E-state index in [1.165, 1.54) is 42.7 Å². The topological polar surface area (TPSA) is 91.6 Å². The molecule has 1 aromatic carbocycles. The van der Waals surface area contributed by atoms with E-state index in [4.69, 9.17) is 9.52 Å². The first-order chi connectivity index (χ1) is 11.1. The van der Waals surface area contributed by atoms with Crippen LogP contribution in [0, 0.1) is 5.82 Å². The number of halogens is 1. The molecule has 1 heterocycles. The maximum absolute atomic E-state index is 12.9. The number of hydrogen-bond acceptors (Lipinski definition) is 4. The predicted octanol–water partition coefficient (Wildman–Crippen LogP) is 1.30. The molecule has 0 aliphatic carbocycles. The van der Waals surface area contributed by atoms with Gasteiger partial charge in [-0.1, -0.05) is 12.1 Å². The summed E-state index contributed by atoms with van der Waals surface area (Å²) >= 11 is 0. The van der Waals surface area contributed by atoms with Gasteiger partial charge in [0.2, 0.25) is 0 Å². The largest absolute Gasteiger partial charge is 0.459 e. The summed E-state index contributed by atoms with van der Waals surface area (Å²) in [7, 11) is 0. The van der Waals surface area contributed by atoms with Crippen LogP contribution in [0.15, 0.2) is 52.8 Å². The van der Waals surface area contributed by atoms with Gasteiger partial charge in [0.1, 0.15) is 11.5 Å². The zero-order valence-corrected chi connectivity index (χ0v) is 12.1. The molecule has 0 aliphatic heterocycles. The Morgan fingerprint density at radius 2 is 1.96 bits per heavy atom. The Kier molecular flexibility index (Phi) is 5.65. The van der Waals surface area contributed by atoms with Gasteiger partial charge in [-0.05, 0) is 35.9 Å². The summed E-state index contributed by atoms with van der Waals surface area (Å²) in [6.45, 7) is -0.197. The minimum absolute atomic E-state index is 0.0379. The van der Waals surface area contributed by atoms with Crippen molar-refractivity contribution in [1.29, 1.82) is 0 Å². The molecule has 0 radical (unpaired) electrons. The average molecular weight is 318 g/mol. The Balaban J connectivity index is 2.22. The summed E-state index contributed by atoms with van der Waals surface area (Å²) in [5, 5.41) is 13.6. The third-order valence-corrected chi connectivity index (χ3v) is 2.82. The SMILES string of the molecule is O=C(NCCO)/C(=C\c1ccc(F)cc1)NC(=O)c1ccco1. The summed E-state index contributed by atoms with van der Waals surface area (Å²) in [6, 6.07) is 8.41. The molecule has 0 atom stereocenters. The third kappa shape index (κ3) is 4.79. The monoisotopic (exact) mass is 318 g/mol. The molecular weight excluding hydrogens is 303 g/mol. The second kappa shape index (κ2) is 7.90. The van der Waals surface area contributed by atoms with E-state index in [-0.39, 0.29) is 24.6 Å². The van der Waals surface area contributed by atoms with E-state index in [9.17, 15) is 14.0 Å². The van der Waals surface area contributed by atoms with Crippen LogP contribution < -0.4 is 10.6 Å². The van der Waals surface area contributed by atoms with Crippen LogP contribution in [0.1, 0.15) is 16.1 Å². The molecule has 120 valence electrons. The van der Waals surface area contributed by atoms with Gasteiger partial charge in [-0.15, -0.1) is 0 Å². The van der Waals surface area contributed by atoms with E-state index in [2.05, 4.69) is 10.6 Å². The van der Waals surface area contributed by atoms with Crippen molar-refractivity contribution in [1.82, 2.24) is 10.6 Å². The Morgan fingerprint density at radius 3 is 2.57 bits per heavy atom. The highest BCUT2D eigenvalue weighted by molar-refractivity contribution is 6.04. The number of benzene rings is 1. The molecule has 1 aromatic heterocycles. The summed E-state index contributed by atoms with van der Waals surface area (Å²) in [5.41, 5.74) is 0.478. The van der Waals surface area contributed by atoms with Gasteiger partial charge in [0.05, 0.1) is 12.9 Å². The number of nitrogens with one attached hydrogen (secondary N) is 2. The molecule has 0 saturated carbocycles. The molecule has 2 amide bonds. The van der Waals surface area contributed by atoms with Crippen LogP contribution in [0.4, 0.5) is 4.39 Å². The Morgan fingerprint density at radius 1 is 1.22 bits per heavy atom. The van der Waals surface area contributed by atoms with Gasteiger partial charge >= 0.3 is 0 Å². The van der Waals surface area contributed by atoms with E-state index in [0.29, 0.717) is 5.56 Å². The van der Waals surface area contributed by atoms with E-state index in [0.717, 1.165) is 0 Å². The lowest BCUT2D eigenvalue weighted by Gasteiger charge is -2.09. The highest BCUT2D eigenvalue weighted by Gasteiger charge is 2.15. The number of hydrogen-bond donors (Lipinski definition) is 3. The van der Waals surface area contributed by atoms with Crippen molar-refractivity contribution in [3.05, 3.63) is 65.5 Å². The zero-order valence-electron chi connectivity index (χ0n) is 12.1. The molecule has 6 nitrogen and oxygen atoms in total. The lowest BCUT2D eigenvalue weighted by molar-refractivity contribution is -0.117. The summed E-state index contributed by atoms with van der Waals surface area (Å²) in [6.07, 6.45) is 2.73. The summed E-state index contributed by atoms with van der Waals surface area (Å²) in [4.78, 5) is 24.1. The van der Waals surface area contributed by atoms with Gasteiger partial charge in [0.25, 0.3) is 11.8 Å². The highest BCUT2D eigenvalue weighted by Crippen LogP contribution is 2.09. The lowest BCUT2D eigenvalue weighted by Crippen LogP contribution is -2.36. The van der Waals surface area contributed by atoms with Crippen molar-refractivity contribution in [2.45, 2.75) is 0 Å². The van der Waals surface area contributed by atoms with Crippen LogP contribution in [0.25, 0.3) is 6.08 Å². The van der Waals surface area contributed by atoms with Crippen LogP contribution in [-0.2, 0) is 4.79 Å². The van der Waals surface area contributed by atoms with Crippen LogP contribution >= 0.6 is 0 Å². The van der Waals surface area contributed by atoms with Gasteiger partial charge < -0.3 is 20.2 Å². The number of aliphatic hydroxyl groups is 1. The quantitative estimate of drug-likeness (QED) is 0.700. The first kappa shape index (κ1) is 16.4. The second-order valence-electron chi connectivity index (χ2n) is 4.52. The number of carbonyl (C=O) groups excluding carboxylic acids is 2. The number of rotatable bonds is 6. The molecule has 0 saturated heterocycles. The molecule has 3 N–H and O–H groups in total. The van der Waals surface area contributed by atoms with Crippen LogP contribution in [0.5, 0.6) is 0 Å². The summed E-state index contributed by atoms with van der Waals surface area (Å²) < 4.78 is 17.9. The van der Waals surface area contributed by atoms with Gasteiger partial charge in [-0.2, -0.15) is 0 Å². The Hall–Kier alpha value is -2.93. The average Bonchev–Trinajstić information content (AvgIpc) is 3.08. The fourth-order valence-electron chi connectivity index (χ4n) is 1.74. The van der Waals surface area contributed by atoms with Gasteiger partial charge in [0, 0.05) is 6.54 Å². The van der Waals surface area contributed by atoms with Crippen molar-refractivity contribution in [2.75, 3.05) is 13.2 Å². The molecule has 0 spiro atoms. The lowest BCUT2D eigenvalue weighted by atomic mass is 10.2. The third-order valence-electron chi connectivity index (χ3n) is 2.82. The standard InChI is InChI=1S/C16H15FN2O4/c17-12-5-3-11(4-6-12)10-13(15(21)18-7-8-20)19-16(22)14-2-1-9-23-14/h1-6,9-10,20H,7-8H2,(H,18,21)(H,19,22)/b13-10+. The van der Waals surface area contributed by atoms with Crippen LogP contribution in [-0.4, -0.2) is 30.1 Å². The minimum Gasteiger partial charge on any atom is -0.459 e. The normalized spacial score (nSPS) is 11.1. The first-order valence-corrected chi connectivity index (χ1v) is 6.81. The molecule has 2 aromatic rings. The molecule has 0 fully saturated rings. The molecule has 7 heteroatoms. The van der Waals surface area contributed by atoms with Crippen molar-refractivity contribution in [3.8, 4) is 0 Å². The van der Waals surface area contributed by atoms with Gasteiger partial charge in [-0.25, -0.2) is 4.39 Å². The summed E-state index contributed by atoms with van der Waals surface area (Å²) in [5.74, 6) is -1.54. The maximum atomic E-state index is 12.9. The van der Waals surface area contributed by atoms with E-state index < -0.39 is 17.6 Å². The first-order valence-electron chi connectivity index (χ1n) is 6.81. The van der Waals surface area contributed by atoms with Crippen LogP contribution in [0.3, 0.4) is 0 Å². The van der Waals surface area contributed by atoms with Crippen LogP contribution in [0.2, 0.25) is 0 Å². The van der Waals surface area contributed by atoms with E-state index in [1.807, 2.05) is 0 Å². The number of amides is 2. The van der Waals surface area contributed by atoms with E-state index >= 15 is 0 Å². The molecule has 0 bridgehead atoms. The fraction of sp³-hybridized carbons (Fsp3) is 0.125. The molecule has 2 rings (SSSR count). The number of furan rings is 1. The smallest absolute Gasteiger partial charge is 0.291 e. The highest BCUT2D eigenvalue weighted by atomic mass is 19.1. The number of aliphatic hydroxyl groups excluding tert-OH is 1. The second-order valence-corrected chi connectivity index (χ2v) is 4.52. The van der Waals surface area contributed by atoms with Gasteiger partial charge in [0.15, 0.2) is 5.76 Å². The predicted molar refractivity (Wildman–Crippen MR) is 80.6 cm³/mol. The molecular formula is C16H15FN2O4. The molecule has 0 aliphatic rings. The Bertz CT molecular complexity index is 693. The molecule has 0 unspecified atom stereocenters. The van der Waals surface area contributed by atoms with Crippen molar-refractivity contribution >= 4 is 17.9 Å². The van der Waals surface area contributed by atoms with E-state index in [1.54, 1.807) is 6.07 Å². The fourth-order valence-corrected chi connectivity index (χ4v) is 1.74. The minimum atomic E-state index is -0.595.